The molecule has 2 aromatic rings. The molecule has 2 N–H and O–H groups in total. The van der Waals surface area contributed by atoms with E-state index in [1.54, 1.807) is 19.2 Å². The molecule has 0 spiro atoms. The predicted octanol–water partition coefficient (Wildman–Crippen LogP) is 1.57. The van der Waals surface area contributed by atoms with Crippen molar-refractivity contribution in [2.24, 2.45) is 0 Å². The van der Waals surface area contributed by atoms with E-state index >= 15 is 0 Å². The van der Waals surface area contributed by atoms with Crippen LogP contribution in [0.15, 0.2) is 42.6 Å². The quantitative estimate of drug-likeness (QED) is 0.712. The minimum absolute atomic E-state index is 0.165. The standard InChI is InChI=1S/C18H20FN3O3/c1-25-11-10-22-17(23)14-7-9-20-16(12-14)18(24)21-8-6-13-2-4-15(19)5-3-13/h2-5,7,9,12H,6,8,10-11H2,1H3,(H,21,24)(H,22,23). The first-order valence-corrected chi connectivity index (χ1v) is 7.86. The maximum atomic E-state index is 12.8. The third-order valence-corrected chi connectivity index (χ3v) is 3.46. The molecule has 1 heterocycles. The summed E-state index contributed by atoms with van der Waals surface area (Å²) < 4.78 is 17.7. The van der Waals surface area contributed by atoms with Crippen LogP contribution in [-0.4, -0.2) is 43.6 Å². The first-order valence-electron chi connectivity index (χ1n) is 7.86. The molecule has 1 aromatic heterocycles. The fraction of sp³-hybridized carbons (Fsp3) is 0.278. The molecule has 7 heteroatoms. The van der Waals surface area contributed by atoms with Crippen LogP contribution in [-0.2, 0) is 11.2 Å². The van der Waals surface area contributed by atoms with Crippen LogP contribution in [0.2, 0.25) is 0 Å². The Morgan fingerprint density at radius 3 is 2.52 bits per heavy atom. The van der Waals surface area contributed by atoms with E-state index in [0.29, 0.717) is 31.7 Å². The molecule has 0 radical (unpaired) electrons. The van der Waals surface area contributed by atoms with Gasteiger partial charge < -0.3 is 15.4 Å². The fourth-order valence-electron chi connectivity index (χ4n) is 2.13. The Kier molecular flexibility index (Phi) is 7.03. The first kappa shape index (κ1) is 18.5. The number of carbonyl (C=O) groups excluding carboxylic acids is 2. The molecular formula is C18H20FN3O3. The number of methoxy groups -OCH3 is 1. The maximum Gasteiger partial charge on any atom is 0.269 e. The first-order chi connectivity index (χ1) is 12.1. The summed E-state index contributed by atoms with van der Waals surface area (Å²) >= 11 is 0. The number of benzene rings is 1. The van der Waals surface area contributed by atoms with Crippen molar-refractivity contribution in [2.75, 3.05) is 26.8 Å². The number of pyridine rings is 1. The number of carbonyl (C=O) groups is 2. The molecule has 6 nitrogen and oxygen atoms in total. The number of aromatic nitrogens is 1. The molecule has 0 saturated carbocycles. The van der Waals surface area contributed by atoms with Gasteiger partial charge in [0.25, 0.3) is 11.8 Å². The third kappa shape index (κ3) is 5.96. The van der Waals surface area contributed by atoms with Crippen LogP contribution in [0.25, 0.3) is 0 Å². The Morgan fingerprint density at radius 2 is 1.80 bits per heavy atom. The van der Waals surface area contributed by atoms with E-state index in [4.69, 9.17) is 4.74 Å². The molecule has 0 atom stereocenters. The van der Waals surface area contributed by atoms with E-state index in [1.807, 2.05) is 0 Å². The normalized spacial score (nSPS) is 10.3. The van der Waals surface area contributed by atoms with Crippen LogP contribution >= 0.6 is 0 Å². The summed E-state index contributed by atoms with van der Waals surface area (Å²) in [7, 11) is 1.55. The molecule has 2 amide bonds. The SMILES string of the molecule is COCCNC(=O)c1ccnc(C(=O)NCCc2ccc(F)cc2)c1. The minimum atomic E-state index is -0.367. The van der Waals surface area contributed by atoms with Gasteiger partial charge >= 0.3 is 0 Å². The number of hydrogen-bond acceptors (Lipinski definition) is 4. The topological polar surface area (TPSA) is 80.3 Å². The summed E-state index contributed by atoms with van der Waals surface area (Å²) in [6.07, 6.45) is 1.99. The molecule has 0 saturated heterocycles. The summed E-state index contributed by atoms with van der Waals surface area (Å²) in [6, 6.07) is 9.08. The van der Waals surface area contributed by atoms with E-state index in [9.17, 15) is 14.0 Å². The predicted molar refractivity (Wildman–Crippen MR) is 90.9 cm³/mol. The van der Waals surface area contributed by atoms with Gasteiger partial charge in [-0.3, -0.25) is 14.6 Å². The van der Waals surface area contributed by atoms with Crippen molar-refractivity contribution in [3.05, 3.63) is 65.2 Å². The highest BCUT2D eigenvalue weighted by Gasteiger charge is 2.11. The lowest BCUT2D eigenvalue weighted by Gasteiger charge is -2.07. The molecule has 2 rings (SSSR count). The molecular weight excluding hydrogens is 325 g/mol. The van der Waals surface area contributed by atoms with Crippen LogP contribution in [0.4, 0.5) is 4.39 Å². The smallest absolute Gasteiger partial charge is 0.269 e. The molecule has 0 fully saturated rings. The number of hydrogen-bond donors (Lipinski definition) is 2. The van der Waals surface area contributed by atoms with Gasteiger partial charge in [0.2, 0.25) is 0 Å². The summed E-state index contributed by atoms with van der Waals surface area (Å²) in [5, 5.41) is 5.41. The van der Waals surface area contributed by atoms with Gasteiger partial charge in [0.15, 0.2) is 0 Å². The second kappa shape index (κ2) is 9.48. The van der Waals surface area contributed by atoms with E-state index in [1.165, 1.54) is 30.5 Å². The fourth-order valence-corrected chi connectivity index (χ4v) is 2.13. The Balaban J connectivity index is 1.87. The molecule has 0 aliphatic rings. The van der Waals surface area contributed by atoms with Crippen LogP contribution in [0.5, 0.6) is 0 Å². The van der Waals surface area contributed by atoms with Crippen molar-refractivity contribution in [2.45, 2.75) is 6.42 Å². The van der Waals surface area contributed by atoms with Crippen molar-refractivity contribution < 1.29 is 18.7 Å². The minimum Gasteiger partial charge on any atom is -0.383 e. The highest BCUT2D eigenvalue weighted by molar-refractivity contribution is 5.98. The van der Waals surface area contributed by atoms with Crippen LogP contribution in [0.3, 0.4) is 0 Å². The van der Waals surface area contributed by atoms with Gasteiger partial charge in [-0.15, -0.1) is 0 Å². The third-order valence-electron chi connectivity index (χ3n) is 3.46. The highest BCUT2D eigenvalue weighted by atomic mass is 19.1. The van der Waals surface area contributed by atoms with Crippen molar-refractivity contribution in [1.29, 1.82) is 0 Å². The zero-order chi connectivity index (χ0) is 18.1. The van der Waals surface area contributed by atoms with Gasteiger partial charge in [-0.05, 0) is 36.2 Å². The zero-order valence-electron chi connectivity index (χ0n) is 13.9. The van der Waals surface area contributed by atoms with E-state index < -0.39 is 0 Å². The monoisotopic (exact) mass is 345 g/mol. The summed E-state index contributed by atoms with van der Waals surface area (Å²) in [4.78, 5) is 28.1. The van der Waals surface area contributed by atoms with Gasteiger partial charge in [0, 0.05) is 32.0 Å². The summed E-state index contributed by atoms with van der Waals surface area (Å²) in [5.74, 6) is -0.953. The zero-order valence-corrected chi connectivity index (χ0v) is 13.9. The summed E-state index contributed by atoms with van der Waals surface area (Å²) in [5.41, 5.74) is 1.44. The van der Waals surface area contributed by atoms with Crippen LogP contribution in [0, 0.1) is 5.82 Å². The number of nitrogens with zero attached hydrogens (tertiary/aromatic N) is 1. The Bertz CT molecular complexity index is 720. The van der Waals surface area contributed by atoms with E-state index in [-0.39, 0.29) is 23.3 Å². The lowest BCUT2D eigenvalue weighted by Crippen LogP contribution is -2.29. The molecule has 25 heavy (non-hydrogen) atoms. The Morgan fingerprint density at radius 1 is 1.08 bits per heavy atom. The maximum absolute atomic E-state index is 12.8. The van der Waals surface area contributed by atoms with Gasteiger partial charge in [-0.2, -0.15) is 0 Å². The second-order valence-corrected chi connectivity index (χ2v) is 5.31. The molecule has 0 aliphatic heterocycles. The van der Waals surface area contributed by atoms with Crippen LogP contribution in [0.1, 0.15) is 26.4 Å². The van der Waals surface area contributed by atoms with Gasteiger partial charge in [-0.1, -0.05) is 12.1 Å². The van der Waals surface area contributed by atoms with E-state index in [2.05, 4.69) is 15.6 Å². The van der Waals surface area contributed by atoms with E-state index in [0.717, 1.165) is 5.56 Å². The van der Waals surface area contributed by atoms with Gasteiger partial charge in [0.05, 0.1) is 6.61 Å². The average molecular weight is 345 g/mol. The lowest BCUT2D eigenvalue weighted by molar-refractivity contribution is 0.0937. The van der Waals surface area contributed by atoms with Gasteiger partial charge in [-0.25, -0.2) is 4.39 Å². The second-order valence-electron chi connectivity index (χ2n) is 5.31. The average Bonchev–Trinajstić information content (AvgIpc) is 2.63. The lowest BCUT2D eigenvalue weighted by atomic mass is 10.1. The Labute approximate surface area is 145 Å². The van der Waals surface area contributed by atoms with Gasteiger partial charge in [0.1, 0.15) is 11.5 Å². The largest absolute Gasteiger partial charge is 0.383 e. The van der Waals surface area contributed by atoms with Crippen LogP contribution < -0.4 is 10.6 Å². The number of halogens is 1. The number of amides is 2. The number of rotatable bonds is 8. The van der Waals surface area contributed by atoms with Crippen molar-refractivity contribution in [3.63, 3.8) is 0 Å². The molecule has 132 valence electrons. The molecule has 0 unspecified atom stereocenters. The van der Waals surface area contributed by atoms with Crippen molar-refractivity contribution in [1.82, 2.24) is 15.6 Å². The Hall–Kier alpha value is -2.80. The van der Waals surface area contributed by atoms with Crippen molar-refractivity contribution >= 4 is 11.8 Å². The molecule has 1 aromatic carbocycles. The number of nitrogens with one attached hydrogen (secondary N) is 2. The molecule has 0 bridgehead atoms. The number of ether oxygens (including phenoxy) is 1. The highest BCUT2D eigenvalue weighted by Crippen LogP contribution is 2.04. The molecule has 0 aliphatic carbocycles. The summed E-state index contributed by atoms with van der Waals surface area (Å²) in [6.45, 7) is 1.18. The van der Waals surface area contributed by atoms with Crippen molar-refractivity contribution in [3.8, 4) is 0 Å².